The summed E-state index contributed by atoms with van der Waals surface area (Å²) in [6, 6.07) is -0.0391. The molecule has 1 aliphatic heterocycles. The Labute approximate surface area is 133 Å². The van der Waals surface area contributed by atoms with E-state index in [2.05, 4.69) is 6.92 Å². The van der Waals surface area contributed by atoms with Gasteiger partial charge in [0.1, 0.15) is 0 Å². The molecule has 0 amide bonds. The monoisotopic (exact) mass is 317 g/mol. The Bertz CT molecular complexity index is 270. The summed E-state index contributed by atoms with van der Waals surface area (Å²) in [5, 5.41) is 10.9. The smallest absolute Gasteiger partial charge is 0.0928 e. The third-order valence-corrected chi connectivity index (χ3v) is 8.33. The van der Waals surface area contributed by atoms with Gasteiger partial charge in [-0.25, -0.2) is 0 Å². The first-order valence-corrected chi connectivity index (χ1v) is 10.4. The summed E-state index contributed by atoms with van der Waals surface area (Å²) in [6.07, 6.45) is 10.9. The lowest BCUT2D eigenvalue weighted by Crippen LogP contribution is -2.50. The van der Waals surface area contributed by atoms with Gasteiger partial charge in [0.2, 0.25) is 0 Å². The summed E-state index contributed by atoms with van der Waals surface area (Å²) < 4.78 is -0.0267. The van der Waals surface area contributed by atoms with Crippen LogP contribution < -0.4 is 5.73 Å². The van der Waals surface area contributed by atoms with E-state index in [1.807, 2.05) is 23.5 Å². The molecule has 0 unspecified atom stereocenters. The van der Waals surface area contributed by atoms with Crippen molar-refractivity contribution in [3.05, 3.63) is 0 Å². The van der Waals surface area contributed by atoms with Crippen LogP contribution in [0.15, 0.2) is 0 Å². The molecule has 0 spiro atoms. The van der Waals surface area contributed by atoms with Gasteiger partial charge in [-0.2, -0.15) is 0 Å². The molecule has 2 aliphatic rings. The van der Waals surface area contributed by atoms with E-state index in [9.17, 15) is 5.11 Å². The van der Waals surface area contributed by atoms with Gasteiger partial charge in [0, 0.05) is 6.04 Å². The van der Waals surface area contributed by atoms with Gasteiger partial charge >= 0.3 is 0 Å². The Balaban J connectivity index is 1.93. The maximum atomic E-state index is 10.9. The Morgan fingerprint density at radius 2 is 1.80 bits per heavy atom. The molecular weight excluding hydrogens is 286 g/mol. The molecule has 118 valence electrons. The number of aliphatic hydroxyl groups is 1. The Morgan fingerprint density at radius 3 is 2.40 bits per heavy atom. The molecule has 2 nitrogen and oxygen atoms in total. The highest BCUT2D eigenvalue weighted by atomic mass is 32.2. The minimum Gasteiger partial charge on any atom is -0.389 e. The first-order valence-electron chi connectivity index (χ1n) is 8.39. The summed E-state index contributed by atoms with van der Waals surface area (Å²) in [4.78, 5) is 0. The Morgan fingerprint density at radius 1 is 1.15 bits per heavy atom. The van der Waals surface area contributed by atoms with Crippen molar-refractivity contribution in [2.45, 2.75) is 80.9 Å². The maximum Gasteiger partial charge on any atom is 0.0928 e. The normalized spacial score (nSPS) is 27.1. The zero-order valence-electron chi connectivity index (χ0n) is 12.9. The van der Waals surface area contributed by atoms with Crippen molar-refractivity contribution in [2.24, 2.45) is 11.7 Å². The van der Waals surface area contributed by atoms with Gasteiger partial charge in [-0.1, -0.05) is 45.4 Å². The predicted octanol–water partition coefficient (Wildman–Crippen LogP) is 4.01. The van der Waals surface area contributed by atoms with Crippen molar-refractivity contribution in [2.75, 3.05) is 11.5 Å². The second-order valence-corrected chi connectivity index (χ2v) is 9.57. The highest BCUT2D eigenvalue weighted by molar-refractivity contribution is 8.18. The molecular formula is C16H31NOS2. The quantitative estimate of drug-likeness (QED) is 0.777. The van der Waals surface area contributed by atoms with Gasteiger partial charge in [-0.15, -0.1) is 23.5 Å². The van der Waals surface area contributed by atoms with Gasteiger partial charge in [-0.05, 0) is 36.7 Å². The highest BCUT2D eigenvalue weighted by Crippen LogP contribution is 2.49. The van der Waals surface area contributed by atoms with Crippen molar-refractivity contribution in [3.8, 4) is 0 Å². The van der Waals surface area contributed by atoms with E-state index in [4.69, 9.17) is 5.73 Å². The molecule has 2 fully saturated rings. The van der Waals surface area contributed by atoms with E-state index in [0.29, 0.717) is 0 Å². The molecule has 0 aromatic heterocycles. The van der Waals surface area contributed by atoms with Crippen molar-refractivity contribution < 1.29 is 5.11 Å². The molecule has 0 aromatic rings. The number of hydrogen-bond donors (Lipinski definition) is 2. The van der Waals surface area contributed by atoms with E-state index >= 15 is 0 Å². The number of rotatable bonds is 6. The van der Waals surface area contributed by atoms with Crippen LogP contribution in [0.2, 0.25) is 0 Å². The van der Waals surface area contributed by atoms with E-state index in [0.717, 1.165) is 25.2 Å². The highest BCUT2D eigenvalue weighted by Gasteiger charge is 2.43. The van der Waals surface area contributed by atoms with E-state index < -0.39 is 0 Å². The van der Waals surface area contributed by atoms with Gasteiger partial charge < -0.3 is 10.8 Å². The van der Waals surface area contributed by atoms with Crippen molar-refractivity contribution >= 4 is 23.5 Å². The van der Waals surface area contributed by atoms with Crippen molar-refractivity contribution in [3.63, 3.8) is 0 Å². The zero-order chi connectivity index (χ0) is 14.4. The lowest BCUT2D eigenvalue weighted by atomic mass is 9.83. The standard InChI is InChI=1S/C16H31NOS2/c1-2-9-16(19-10-6-11-20-16)15(18)14(17)12-13-7-4-3-5-8-13/h13-15,18H,2-12,17H2,1H3/t14-,15+/m0/s1. The molecule has 0 bridgehead atoms. The first-order chi connectivity index (χ1) is 9.68. The molecule has 20 heavy (non-hydrogen) atoms. The second kappa shape index (κ2) is 8.30. The fourth-order valence-electron chi connectivity index (χ4n) is 3.66. The number of thioether (sulfide) groups is 2. The Hall–Kier alpha value is 0.620. The van der Waals surface area contributed by atoms with E-state index in [-0.39, 0.29) is 16.2 Å². The summed E-state index contributed by atoms with van der Waals surface area (Å²) in [7, 11) is 0. The second-order valence-electron chi connectivity index (χ2n) is 6.46. The molecule has 0 aromatic carbocycles. The maximum absolute atomic E-state index is 10.9. The average Bonchev–Trinajstić information content (AvgIpc) is 2.48. The largest absolute Gasteiger partial charge is 0.389 e. The summed E-state index contributed by atoms with van der Waals surface area (Å²) in [5.74, 6) is 3.12. The van der Waals surface area contributed by atoms with Gasteiger partial charge in [0.05, 0.1) is 10.2 Å². The predicted molar refractivity (Wildman–Crippen MR) is 92.3 cm³/mol. The molecule has 1 aliphatic carbocycles. The molecule has 2 atom stereocenters. The molecule has 2 rings (SSSR count). The van der Waals surface area contributed by atoms with E-state index in [1.165, 1.54) is 50.0 Å². The minimum atomic E-state index is -0.348. The summed E-state index contributed by atoms with van der Waals surface area (Å²) in [5.41, 5.74) is 6.42. The van der Waals surface area contributed by atoms with Crippen LogP contribution in [-0.2, 0) is 0 Å². The van der Waals surface area contributed by atoms with Crippen LogP contribution in [0.4, 0.5) is 0 Å². The van der Waals surface area contributed by atoms with Gasteiger partial charge in [0.25, 0.3) is 0 Å². The van der Waals surface area contributed by atoms with Crippen LogP contribution >= 0.6 is 23.5 Å². The lowest BCUT2D eigenvalue weighted by molar-refractivity contribution is 0.111. The van der Waals surface area contributed by atoms with Crippen LogP contribution in [0, 0.1) is 5.92 Å². The van der Waals surface area contributed by atoms with Gasteiger partial charge in [0.15, 0.2) is 0 Å². The fraction of sp³-hybridized carbons (Fsp3) is 1.00. The third kappa shape index (κ3) is 4.31. The molecule has 1 heterocycles. The molecule has 4 heteroatoms. The minimum absolute atomic E-state index is 0.0267. The van der Waals surface area contributed by atoms with Crippen LogP contribution in [0.5, 0.6) is 0 Å². The molecule has 3 N–H and O–H groups in total. The first kappa shape index (κ1) is 17.0. The topological polar surface area (TPSA) is 46.2 Å². The van der Waals surface area contributed by atoms with Crippen LogP contribution in [0.25, 0.3) is 0 Å². The number of hydrogen-bond acceptors (Lipinski definition) is 4. The third-order valence-electron chi connectivity index (χ3n) is 4.77. The molecule has 0 radical (unpaired) electrons. The van der Waals surface area contributed by atoms with Crippen molar-refractivity contribution in [1.29, 1.82) is 0 Å². The fourth-order valence-corrected chi connectivity index (χ4v) is 7.34. The lowest BCUT2D eigenvalue weighted by Gasteiger charge is -2.43. The van der Waals surface area contributed by atoms with Crippen molar-refractivity contribution in [1.82, 2.24) is 0 Å². The van der Waals surface area contributed by atoms with Crippen LogP contribution in [0.3, 0.4) is 0 Å². The summed E-state index contributed by atoms with van der Waals surface area (Å²) >= 11 is 3.93. The number of nitrogens with two attached hydrogens (primary N) is 1. The van der Waals surface area contributed by atoms with Crippen LogP contribution in [-0.4, -0.2) is 32.8 Å². The van der Waals surface area contributed by atoms with Crippen LogP contribution in [0.1, 0.15) is 64.7 Å². The molecule has 1 saturated heterocycles. The van der Waals surface area contributed by atoms with E-state index in [1.54, 1.807) is 0 Å². The number of aliphatic hydroxyl groups excluding tert-OH is 1. The SMILES string of the molecule is CCCC1([C@H](O)[C@@H](N)CC2CCCCC2)SCCCS1. The average molecular weight is 318 g/mol. The Kier molecular flexibility index (Phi) is 7.05. The molecule has 1 saturated carbocycles. The summed E-state index contributed by atoms with van der Waals surface area (Å²) in [6.45, 7) is 2.22. The zero-order valence-corrected chi connectivity index (χ0v) is 14.5. The van der Waals surface area contributed by atoms with Gasteiger partial charge in [-0.3, -0.25) is 0 Å².